The van der Waals surface area contributed by atoms with E-state index in [-0.39, 0.29) is 5.82 Å². The zero-order valence-corrected chi connectivity index (χ0v) is 28.7. The van der Waals surface area contributed by atoms with Crippen LogP contribution in [-0.2, 0) is 6.42 Å². The zero-order valence-electron chi connectivity index (χ0n) is 28.7. The fraction of sp³-hybridized carbons (Fsp3) is 0.325. The van der Waals surface area contributed by atoms with Crippen molar-refractivity contribution >= 4 is 17.1 Å². The summed E-state index contributed by atoms with van der Waals surface area (Å²) >= 11 is 0. The van der Waals surface area contributed by atoms with Gasteiger partial charge >= 0.3 is 0 Å². The summed E-state index contributed by atoms with van der Waals surface area (Å²) in [5.74, 6) is 1.54. The Morgan fingerprint density at radius 3 is 2.40 bits per heavy atom. The second-order valence-corrected chi connectivity index (χ2v) is 10.8. The van der Waals surface area contributed by atoms with Crippen LogP contribution in [0.1, 0.15) is 94.6 Å². The number of rotatable bonds is 10. The molecule has 3 aromatic heterocycles. The highest BCUT2D eigenvalue weighted by Gasteiger charge is 2.18. The Hall–Kier alpha value is -4.96. The van der Waals surface area contributed by atoms with E-state index < -0.39 is 0 Å². The summed E-state index contributed by atoms with van der Waals surface area (Å²) in [5, 5.41) is 3.46. The summed E-state index contributed by atoms with van der Waals surface area (Å²) < 4.78 is 14.6. The van der Waals surface area contributed by atoms with Gasteiger partial charge in [0.1, 0.15) is 17.5 Å². The lowest BCUT2D eigenvalue weighted by Gasteiger charge is -2.23. The van der Waals surface area contributed by atoms with Gasteiger partial charge in [-0.1, -0.05) is 103 Å². The molecule has 4 N–H and O–H groups in total. The highest BCUT2D eigenvalue weighted by atomic mass is 19.1. The average molecular weight is 635 g/mol. The Kier molecular flexibility index (Phi) is 16.4. The molecule has 0 saturated heterocycles. The molecule has 4 aromatic rings. The lowest BCUT2D eigenvalue weighted by atomic mass is 9.86. The van der Waals surface area contributed by atoms with Crippen molar-refractivity contribution < 1.29 is 4.39 Å². The standard InChI is InChI=1S/C34H37FN6.2C2H6.C2H2/c1-4-10-30(29-13-8-9-14-31(29)35)33-23(3)40-32(41-33)18-25-16-26(20-38-34(25)36)27-17-28(21-37-19-27)39-22(2)15-24-11-6-5-7-12-24;3*1-2/h4,8-10,13-14,16-17,19-21,24,39H,1-2,5-7,11-12,15,18H2,3H3,(H2,36,38)(H,40,41);2*1-2H3;1-2H/b30-10-;;;. The molecule has 1 aromatic carbocycles. The van der Waals surface area contributed by atoms with Gasteiger partial charge in [0, 0.05) is 58.0 Å². The number of benzene rings is 1. The number of nitrogens with one attached hydrogen (secondary N) is 2. The van der Waals surface area contributed by atoms with E-state index in [9.17, 15) is 4.39 Å². The average Bonchev–Trinajstić information content (AvgIpc) is 3.47. The van der Waals surface area contributed by atoms with Crippen molar-refractivity contribution in [3.63, 3.8) is 0 Å². The van der Waals surface area contributed by atoms with E-state index in [2.05, 4.69) is 52.3 Å². The van der Waals surface area contributed by atoms with Crippen LogP contribution in [0, 0.1) is 31.5 Å². The van der Waals surface area contributed by atoms with Gasteiger partial charge in [0.05, 0.1) is 17.6 Å². The fourth-order valence-corrected chi connectivity index (χ4v) is 5.62. The summed E-state index contributed by atoms with van der Waals surface area (Å²) in [4.78, 5) is 17.1. The third kappa shape index (κ3) is 10.8. The Morgan fingerprint density at radius 1 is 1.04 bits per heavy atom. The minimum Gasteiger partial charge on any atom is -0.383 e. The Bertz CT molecular complexity index is 1620. The lowest BCUT2D eigenvalue weighted by Crippen LogP contribution is -2.10. The number of hydrogen-bond donors (Lipinski definition) is 3. The highest BCUT2D eigenvalue weighted by Crippen LogP contribution is 2.31. The second-order valence-electron chi connectivity index (χ2n) is 10.8. The molecular weight excluding hydrogens is 583 g/mol. The van der Waals surface area contributed by atoms with Gasteiger partial charge in [0.15, 0.2) is 0 Å². The van der Waals surface area contributed by atoms with Crippen molar-refractivity contribution in [3.8, 4) is 24.0 Å². The summed E-state index contributed by atoms with van der Waals surface area (Å²) in [5.41, 5.74) is 13.5. The predicted molar refractivity (Wildman–Crippen MR) is 198 cm³/mol. The highest BCUT2D eigenvalue weighted by molar-refractivity contribution is 5.80. The smallest absolute Gasteiger partial charge is 0.131 e. The number of allylic oxidation sites excluding steroid dienone is 3. The molecule has 7 heteroatoms. The first kappa shape index (κ1) is 38.2. The number of halogens is 1. The number of nitrogen functional groups attached to an aromatic ring is 1. The first-order valence-electron chi connectivity index (χ1n) is 16.5. The van der Waals surface area contributed by atoms with Crippen molar-refractivity contribution in [2.75, 3.05) is 11.1 Å². The topological polar surface area (TPSA) is 92.5 Å². The molecule has 1 fully saturated rings. The monoisotopic (exact) mass is 634 g/mol. The third-order valence-electron chi connectivity index (χ3n) is 7.65. The molecule has 5 rings (SSSR count). The van der Waals surface area contributed by atoms with Crippen LogP contribution in [-0.4, -0.2) is 19.9 Å². The van der Waals surface area contributed by atoms with Gasteiger partial charge in [-0.25, -0.2) is 14.4 Å². The van der Waals surface area contributed by atoms with E-state index in [1.54, 1.807) is 30.5 Å². The van der Waals surface area contributed by atoms with Crippen LogP contribution in [0.25, 0.3) is 16.7 Å². The number of H-pyrrole nitrogens is 1. The number of terminal acetylenes is 1. The molecule has 0 aliphatic heterocycles. The second kappa shape index (κ2) is 20.2. The Balaban J connectivity index is 0.00000121. The number of anilines is 2. The molecule has 248 valence electrons. The summed E-state index contributed by atoms with van der Waals surface area (Å²) in [6.45, 7) is 18.0. The summed E-state index contributed by atoms with van der Waals surface area (Å²) in [6, 6.07) is 10.7. The molecule has 0 unspecified atom stereocenters. The molecule has 6 nitrogen and oxygen atoms in total. The molecular formula is C40H51FN6. The molecule has 1 aliphatic rings. The lowest BCUT2D eigenvalue weighted by molar-refractivity contribution is 0.357. The third-order valence-corrected chi connectivity index (χ3v) is 7.65. The maximum atomic E-state index is 14.6. The number of nitrogens with zero attached hydrogens (tertiary/aromatic N) is 3. The number of pyridine rings is 2. The predicted octanol–water partition coefficient (Wildman–Crippen LogP) is 10.3. The largest absolute Gasteiger partial charge is 0.383 e. The maximum absolute atomic E-state index is 14.6. The van der Waals surface area contributed by atoms with Crippen molar-refractivity contribution in [3.05, 3.63) is 120 Å². The van der Waals surface area contributed by atoms with Gasteiger partial charge < -0.3 is 16.0 Å². The van der Waals surface area contributed by atoms with Crippen LogP contribution in [0.3, 0.4) is 0 Å². The van der Waals surface area contributed by atoms with Crippen molar-refractivity contribution in [1.82, 2.24) is 19.9 Å². The number of hydrogen-bond acceptors (Lipinski definition) is 5. The normalized spacial score (nSPS) is 12.6. The van der Waals surface area contributed by atoms with Crippen LogP contribution in [0.4, 0.5) is 15.9 Å². The molecule has 1 saturated carbocycles. The van der Waals surface area contributed by atoms with E-state index >= 15 is 0 Å². The van der Waals surface area contributed by atoms with Crippen LogP contribution >= 0.6 is 0 Å². The zero-order chi connectivity index (χ0) is 34.8. The van der Waals surface area contributed by atoms with Gasteiger partial charge in [-0.05, 0) is 37.5 Å². The van der Waals surface area contributed by atoms with Gasteiger partial charge in [0.25, 0.3) is 0 Å². The van der Waals surface area contributed by atoms with E-state index in [0.717, 1.165) is 40.2 Å². The minimum atomic E-state index is -0.311. The Morgan fingerprint density at radius 2 is 1.72 bits per heavy atom. The molecule has 0 spiro atoms. The number of nitrogens with two attached hydrogens (primary N) is 1. The van der Waals surface area contributed by atoms with Crippen molar-refractivity contribution in [2.24, 2.45) is 5.92 Å². The minimum absolute atomic E-state index is 0.311. The first-order chi connectivity index (χ1) is 22.9. The van der Waals surface area contributed by atoms with Gasteiger partial charge in [-0.2, -0.15) is 0 Å². The van der Waals surface area contributed by atoms with E-state index in [1.807, 2.05) is 59.1 Å². The van der Waals surface area contributed by atoms with Crippen LogP contribution in [0.15, 0.2) is 86.0 Å². The van der Waals surface area contributed by atoms with Crippen LogP contribution in [0.2, 0.25) is 0 Å². The van der Waals surface area contributed by atoms with Crippen molar-refractivity contribution in [2.45, 2.75) is 79.6 Å². The van der Waals surface area contributed by atoms with Gasteiger partial charge in [-0.15, -0.1) is 12.8 Å². The first-order valence-corrected chi connectivity index (χ1v) is 16.5. The van der Waals surface area contributed by atoms with Gasteiger partial charge in [0.2, 0.25) is 0 Å². The molecule has 47 heavy (non-hydrogen) atoms. The van der Waals surface area contributed by atoms with E-state index in [4.69, 9.17) is 10.7 Å². The molecule has 0 radical (unpaired) electrons. The van der Waals surface area contributed by atoms with Gasteiger partial charge in [-0.3, -0.25) is 4.98 Å². The number of aromatic nitrogens is 4. The number of imidazole rings is 1. The van der Waals surface area contributed by atoms with Crippen molar-refractivity contribution in [1.29, 1.82) is 0 Å². The van der Waals surface area contributed by atoms with Crippen LogP contribution < -0.4 is 11.1 Å². The SMILES string of the molecule is C#C.C=C/C=C(/c1ccccc1F)c1nc(Cc2cc(-c3cncc(NC(=C)CC4CCCCC4)c3)cnc2N)[nH]c1C.CC.CC. The fourth-order valence-electron chi connectivity index (χ4n) is 5.62. The molecule has 0 bridgehead atoms. The maximum Gasteiger partial charge on any atom is 0.131 e. The molecule has 0 atom stereocenters. The molecule has 1 aliphatic carbocycles. The summed E-state index contributed by atoms with van der Waals surface area (Å²) in [7, 11) is 0. The van der Waals surface area contributed by atoms with E-state index in [0.29, 0.717) is 40.8 Å². The Labute approximate surface area is 281 Å². The molecule has 3 heterocycles. The number of aryl methyl sites for hydroxylation is 1. The number of aromatic amines is 1. The summed E-state index contributed by atoms with van der Waals surface area (Å²) in [6.07, 6.45) is 24.8. The van der Waals surface area contributed by atoms with Crippen LogP contribution in [0.5, 0.6) is 0 Å². The van der Waals surface area contributed by atoms with E-state index in [1.165, 1.54) is 38.2 Å². The quantitative estimate of drug-likeness (QED) is 0.119. The molecule has 0 amide bonds.